The molecule has 1 fully saturated rings. The minimum Gasteiger partial charge on any atom is -0.481 e. The summed E-state index contributed by atoms with van der Waals surface area (Å²) in [6.45, 7) is 7.73. The molecule has 0 unspecified atom stereocenters. The van der Waals surface area contributed by atoms with Crippen LogP contribution in [0.25, 0.3) is 0 Å². The zero-order valence-electron chi connectivity index (χ0n) is 15.7. The first kappa shape index (κ1) is 18.5. The monoisotopic (exact) mass is 352 g/mol. The van der Waals surface area contributed by atoms with Crippen molar-refractivity contribution in [2.24, 2.45) is 0 Å². The van der Waals surface area contributed by atoms with Gasteiger partial charge in [-0.2, -0.15) is 0 Å². The summed E-state index contributed by atoms with van der Waals surface area (Å²) < 4.78 is 5.72. The number of benzene rings is 2. The average molecular weight is 352 g/mol. The number of nitrogens with zero attached hydrogens (tertiary/aromatic N) is 1. The van der Waals surface area contributed by atoms with Gasteiger partial charge in [0.1, 0.15) is 5.75 Å². The van der Waals surface area contributed by atoms with Crippen LogP contribution >= 0.6 is 0 Å². The van der Waals surface area contributed by atoms with Crippen molar-refractivity contribution in [3.63, 3.8) is 0 Å². The van der Waals surface area contributed by atoms with Gasteiger partial charge in [0, 0.05) is 13.1 Å². The number of hydrogen-bond acceptors (Lipinski definition) is 3. The smallest absolute Gasteiger partial charge is 0.261 e. The van der Waals surface area contributed by atoms with Gasteiger partial charge in [-0.3, -0.25) is 9.69 Å². The molecular weight excluding hydrogens is 324 g/mol. The van der Waals surface area contributed by atoms with Crippen molar-refractivity contribution in [3.05, 3.63) is 65.2 Å². The normalized spacial score (nSPS) is 15.6. The van der Waals surface area contributed by atoms with Gasteiger partial charge in [-0.15, -0.1) is 0 Å². The summed E-state index contributed by atoms with van der Waals surface area (Å²) >= 11 is 0. The Labute approximate surface area is 156 Å². The van der Waals surface area contributed by atoms with Crippen molar-refractivity contribution in [3.8, 4) is 5.75 Å². The number of rotatable bonds is 7. The van der Waals surface area contributed by atoms with E-state index in [1.165, 1.54) is 31.5 Å². The van der Waals surface area contributed by atoms with Crippen LogP contribution in [0.1, 0.15) is 36.5 Å². The van der Waals surface area contributed by atoms with Gasteiger partial charge in [0.2, 0.25) is 0 Å². The Morgan fingerprint density at radius 1 is 1.12 bits per heavy atom. The Balaban J connectivity index is 1.46. The number of nitrogens with one attached hydrogen (secondary N) is 1. The molecule has 4 nitrogen and oxygen atoms in total. The van der Waals surface area contributed by atoms with Crippen molar-refractivity contribution in [1.82, 2.24) is 10.2 Å². The van der Waals surface area contributed by atoms with E-state index < -0.39 is 6.10 Å². The van der Waals surface area contributed by atoms with E-state index in [1.54, 1.807) is 6.92 Å². The molecule has 0 radical (unpaired) electrons. The minimum absolute atomic E-state index is 0.104. The van der Waals surface area contributed by atoms with E-state index in [0.29, 0.717) is 6.54 Å². The highest BCUT2D eigenvalue weighted by Crippen LogP contribution is 2.15. The molecule has 0 aromatic heterocycles. The Morgan fingerprint density at radius 2 is 1.81 bits per heavy atom. The Kier molecular flexibility index (Phi) is 6.29. The molecule has 4 heteroatoms. The molecule has 1 amide bonds. The Bertz CT molecular complexity index is 721. The van der Waals surface area contributed by atoms with Crippen molar-refractivity contribution < 1.29 is 9.53 Å². The number of likely N-dealkylation sites (tertiary alicyclic amines) is 1. The van der Waals surface area contributed by atoms with Gasteiger partial charge in [-0.05, 0) is 68.6 Å². The first-order chi connectivity index (χ1) is 12.6. The van der Waals surface area contributed by atoms with Gasteiger partial charge in [0.25, 0.3) is 5.91 Å². The van der Waals surface area contributed by atoms with Crippen molar-refractivity contribution in [1.29, 1.82) is 0 Å². The van der Waals surface area contributed by atoms with Crippen LogP contribution in [0.15, 0.2) is 48.5 Å². The van der Waals surface area contributed by atoms with E-state index >= 15 is 0 Å². The van der Waals surface area contributed by atoms with Gasteiger partial charge in [0.15, 0.2) is 6.10 Å². The highest BCUT2D eigenvalue weighted by molar-refractivity contribution is 5.80. The lowest BCUT2D eigenvalue weighted by atomic mass is 10.1. The quantitative estimate of drug-likeness (QED) is 0.827. The predicted molar refractivity (Wildman–Crippen MR) is 104 cm³/mol. The molecule has 138 valence electrons. The molecule has 1 N–H and O–H groups in total. The summed E-state index contributed by atoms with van der Waals surface area (Å²) in [5.74, 6) is 0.617. The molecule has 0 aliphatic carbocycles. The van der Waals surface area contributed by atoms with E-state index in [4.69, 9.17) is 4.74 Å². The second-order valence-corrected chi connectivity index (χ2v) is 7.09. The molecule has 0 bridgehead atoms. The van der Waals surface area contributed by atoms with Gasteiger partial charge in [-0.25, -0.2) is 0 Å². The summed E-state index contributed by atoms with van der Waals surface area (Å²) in [4.78, 5) is 14.7. The highest BCUT2D eigenvalue weighted by Gasteiger charge is 2.15. The molecule has 1 heterocycles. The number of carbonyl (C=O) groups is 1. The number of hydrogen-bond donors (Lipinski definition) is 1. The second-order valence-electron chi connectivity index (χ2n) is 7.09. The number of carbonyl (C=O) groups excluding carboxylic acids is 1. The first-order valence-corrected chi connectivity index (χ1v) is 9.41. The maximum Gasteiger partial charge on any atom is 0.261 e. The van der Waals surface area contributed by atoms with Crippen LogP contribution in [0.2, 0.25) is 0 Å². The SMILES string of the molecule is Cc1cccc(O[C@@H](C)C(=O)NCc2ccc(CN3CCCC3)cc2)c1. The lowest BCUT2D eigenvalue weighted by molar-refractivity contribution is -0.127. The van der Waals surface area contributed by atoms with Gasteiger partial charge < -0.3 is 10.1 Å². The highest BCUT2D eigenvalue weighted by atomic mass is 16.5. The van der Waals surface area contributed by atoms with E-state index in [9.17, 15) is 4.79 Å². The van der Waals surface area contributed by atoms with E-state index in [0.717, 1.165) is 23.4 Å². The number of aryl methyl sites for hydroxylation is 1. The van der Waals surface area contributed by atoms with Crippen molar-refractivity contribution in [2.75, 3.05) is 13.1 Å². The van der Waals surface area contributed by atoms with Crippen molar-refractivity contribution in [2.45, 2.75) is 45.9 Å². The summed E-state index contributed by atoms with van der Waals surface area (Å²) in [5, 5.41) is 2.95. The number of ether oxygens (including phenoxy) is 1. The molecular formula is C22H28N2O2. The lowest BCUT2D eigenvalue weighted by Gasteiger charge is -2.16. The maximum absolute atomic E-state index is 12.3. The fourth-order valence-electron chi connectivity index (χ4n) is 3.24. The van der Waals surface area contributed by atoms with E-state index in [1.807, 2.05) is 31.2 Å². The largest absolute Gasteiger partial charge is 0.481 e. The fraction of sp³-hybridized carbons (Fsp3) is 0.409. The topological polar surface area (TPSA) is 41.6 Å². The Hall–Kier alpha value is -2.33. The maximum atomic E-state index is 12.3. The van der Waals surface area contributed by atoms with Crippen LogP contribution in [0.4, 0.5) is 0 Å². The summed E-state index contributed by atoms with van der Waals surface area (Å²) in [6, 6.07) is 16.2. The average Bonchev–Trinajstić information content (AvgIpc) is 3.14. The molecule has 0 saturated carbocycles. The first-order valence-electron chi connectivity index (χ1n) is 9.41. The molecule has 1 aliphatic heterocycles. The van der Waals surface area contributed by atoms with Crippen LogP contribution in [0, 0.1) is 6.92 Å². The van der Waals surface area contributed by atoms with Gasteiger partial charge in [0.05, 0.1) is 0 Å². The van der Waals surface area contributed by atoms with Crippen LogP contribution in [0.5, 0.6) is 5.75 Å². The third-order valence-electron chi connectivity index (χ3n) is 4.77. The molecule has 0 spiro atoms. The van der Waals surface area contributed by atoms with Crippen LogP contribution in [-0.4, -0.2) is 30.0 Å². The molecule has 2 aromatic carbocycles. The zero-order valence-corrected chi connectivity index (χ0v) is 15.7. The Morgan fingerprint density at radius 3 is 2.50 bits per heavy atom. The molecule has 26 heavy (non-hydrogen) atoms. The van der Waals surface area contributed by atoms with E-state index in [2.05, 4.69) is 34.5 Å². The van der Waals surface area contributed by atoms with Crippen LogP contribution in [-0.2, 0) is 17.9 Å². The van der Waals surface area contributed by atoms with Gasteiger partial charge in [-0.1, -0.05) is 36.4 Å². The molecule has 3 rings (SSSR count). The standard InChI is InChI=1S/C22H28N2O2/c1-17-6-5-7-21(14-17)26-18(2)22(25)23-15-19-8-10-20(11-9-19)16-24-12-3-4-13-24/h5-11,14,18H,3-4,12-13,15-16H2,1-2H3,(H,23,25)/t18-/m0/s1. The van der Waals surface area contributed by atoms with Crippen LogP contribution < -0.4 is 10.1 Å². The summed E-state index contributed by atoms with van der Waals surface area (Å²) in [7, 11) is 0. The third-order valence-corrected chi connectivity index (χ3v) is 4.77. The van der Waals surface area contributed by atoms with Crippen molar-refractivity contribution >= 4 is 5.91 Å². The second kappa shape index (κ2) is 8.86. The minimum atomic E-state index is -0.522. The van der Waals surface area contributed by atoms with Crippen LogP contribution in [0.3, 0.4) is 0 Å². The lowest BCUT2D eigenvalue weighted by Crippen LogP contribution is -2.35. The third kappa shape index (κ3) is 5.33. The molecule has 1 atom stereocenters. The number of amides is 1. The van der Waals surface area contributed by atoms with E-state index in [-0.39, 0.29) is 5.91 Å². The molecule has 1 saturated heterocycles. The fourth-order valence-corrected chi connectivity index (χ4v) is 3.24. The zero-order chi connectivity index (χ0) is 18.4. The summed E-state index contributed by atoms with van der Waals surface area (Å²) in [5.41, 5.74) is 3.55. The molecule has 1 aliphatic rings. The predicted octanol–water partition coefficient (Wildman–Crippen LogP) is 3.67. The summed E-state index contributed by atoms with van der Waals surface area (Å²) in [6.07, 6.45) is 2.10. The van der Waals surface area contributed by atoms with Gasteiger partial charge >= 0.3 is 0 Å². The molecule has 2 aromatic rings.